The molecule has 1 saturated carbocycles. The summed E-state index contributed by atoms with van der Waals surface area (Å²) in [6.45, 7) is 5.15. The molecule has 1 aliphatic rings. The molecule has 0 aromatic rings. The fourth-order valence-corrected chi connectivity index (χ4v) is 1.51. The van der Waals surface area contributed by atoms with E-state index in [9.17, 15) is 5.11 Å². The fourth-order valence-electron chi connectivity index (χ4n) is 1.51. The molecule has 1 N–H and O–H groups in total. The van der Waals surface area contributed by atoms with Gasteiger partial charge in [0.25, 0.3) is 0 Å². The molecule has 0 heterocycles. The van der Waals surface area contributed by atoms with Gasteiger partial charge < -0.3 is 19.3 Å². The summed E-state index contributed by atoms with van der Waals surface area (Å²) in [5, 5.41) is 9.29. The normalized spacial score (nSPS) is 31.9. The zero-order valence-corrected chi connectivity index (χ0v) is 9.10. The highest BCUT2D eigenvalue weighted by Gasteiger charge is 2.40. The Hall–Kier alpha value is -0.160. The van der Waals surface area contributed by atoms with Crippen molar-refractivity contribution in [2.75, 3.05) is 20.3 Å². The largest absolute Gasteiger partial charge is 0.390 e. The van der Waals surface area contributed by atoms with E-state index in [2.05, 4.69) is 0 Å². The standard InChI is InChI=1S/C10H20O4/c1-7(2)13-4-5-14-9-6-8(11)10(9)12-3/h7-11H,4-6H2,1-3H3. The summed E-state index contributed by atoms with van der Waals surface area (Å²) in [6.07, 6.45) is 0.417. The highest BCUT2D eigenvalue weighted by atomic mass is 16.6. The maximum absolute atomic E-state index is 9.29. The summed E-state index contributed by atoms with van der Waals surface area (Å²) in [7, 11) is 1.59. The second-order valence-electron chi connectivity index (χ2n) is 3.83. The minimum atomic E-state index is -0.365. The van der Waals surface area contributed by atoms with Gasteiger partial charge in [-0.3, -0.25) is 0 Å². The molecule has 0 saturated heterocycles. The van der Waals surface area contributed by atoms with Gasteiger partial charge in [-0.25, -0.2) is 0 Å². The van der Waals surface area contributed by atoms with Gasteiger partial charge in [0, 0.05) is 13.5 Å². The predicted molar refractivity (Wildman–Crippen MR) is 52.2 cm³/mol. The Kier molecular flexibility index (Phi) is 4.81. The smallest absolute Gasteiger partial charge is 0.109 e. The maximum Gasteiger partial charge on any atom is 0.109 e. The molecule has 1 fully saturated rings. The highest BCUT2D eigenvalue weighted by molar-refractivity contribution is 4.91. The van der Waals surface area contributed by atoms with Crippen LogP contribution in [0, 0.1) is 0 Å². The lowest BCUT2D eigenvalue weighted by atomic mass is 9.88. The number of aliphatic hydroxyl groups is 1. The molecular weight excluding hydrogens is 184 g/mol. The van der Waals surface area contributed by atoms with Crippen LogP contribution in [-0.2, 0) is 14.2 Å². The molecule has 4 heteroatoms. The molecule has 0 aliphatic heterocycles. The first-order valence-corrected chi connectivity index (χ1v) is 5.09. The first-order valence-electron chi connectivity index (χ1n) is 5.09. The number of hydrogen-bond acceptors (Lipinski definition) is 4. The van der Waals surface area contributed by atoms with Crippen LogP contribution in [-0.4, -0.2) is 49.8 Å². The topological polar surface area (TPSA) is 47.9 Å². The quantitative estimate of drug-likeness (QED) is 0.643. The van der Waals surface area contributed by atoms with Crippen LogP contribution in [0.2, 0.25) is 0 Å². The van der Waals surface area contributed by atoms with Crippen molar-refractivity contribution >= 4 is 0 Å². The number of methoxy groups -OCH3 is 1. The van der Waals surface area contributed by atoms with Crippen LogP contribution in [0.4, 0.5) is 0 Å². The Bertz CT molecular complexity index is 160. The van der Waals surface area contributed by atoms with E-state index < -0.39 is 0 Å². The molecule has 1 rings (SSSR count). The van der Waals surface area contributed by atoms with Gasteiger partial charge in [-0.05, 0) is 13.8 Å². The van der Waals surface area contributed by atoms with Crippen LogP contribution in [0.15, 0.2) is 0 Å². The minimum Gasteiger partial charge on any atom is -0.390 e. The van der Waals surface area contributed by atoms with Gasteiger partial charge in [0.2, 0.25) is 0 Å². The van der Waals surface area contributed by atoms with Crippen LogP contribution in [0.5, 0.6) is 0 Å². The molecule has 0 spiro atoms. The Balaban J connectivity index is 2.02. The lowest BCUT2D eigenvalue weighted by molar-refractivity contribution is -0.186. The Morgan fingerprint density at radius 1 is 1.36 bits per heavy atom. The van der Waals surface area contributed by atoms with Crippen molar-refractivity contribution in [3.8, 4) is 0 Å². The average molecular weight is 204 g/mol. The number of hydrogen-bond donors (Lipinski definition) is 1. The second kappa shape index (κ2) is 5.66. The highest BCUT2D eigenvalue weighted by Crippen LogP contribution is 2.26. The van der Waals surface area contributed by atoms with Crippen molar-refractivity contribution in [3.63, 3.8) is 0 Å². The molecule has 3 atom stereocenters. The Morgan fingerprint density at radius 3 is 2.57 bits per heavy atom. The van der Waals surface area contributed by atoms with Crippen LogP contribution < -0.4 is 0 Å². The van der Waals surface area contributed by atoms with E-state index in [1.807, 2.05) is 13.8 Å². The Morgan fingerprint density at radius 2 is 2.07 bits per heavy atom. The van der Waals surface area contributed by atoms with Gasteiger partial charge in [-0.2, -0.15) is 0 Å². The van der Waals surface area contributed by atoms with Gasteiger partial charge in [-0.15, -0.1) is 0 Å². The van der Waals surface area contributed by atoms with E-state index in [0.717, 1.165) is 0 Å². The van der Waals surface area contributed by atoms with E-state index in [4.69, 9.17) is 14.2 Å². The molecule has 3 unspecified atom stereocenters. The van der Waals surface area contributed by atoms with Crippen LogP contribution in [0.3, 0.4) is 0 Å². The third-order valence-electron chi connectivity index (χ3n) is 2.36. The molecule has 0 bridgehead atoms. The van der Waals surface area contributed by atoms with Crippen molar-refractivity contribution in [1.29, 1.82) is 0 Å². The molecule has 0 radical (unpaired) electrons. The summed E-state index contributed by atoms with van der Waals surface area (Å²) in [5.74, 6) is 0. The second-order valence-corrected chi connectivity index (χ2v) is 3.83. The molecular formula is C10H20O4. The molecule has 1 aliphatic carbocycles. The van der Waals surface area contributed by atoms with Crippen LogP contribution >= 0.6 is 0 Å². The van der Waals surface area contributed by atoms with Crippen molar-refractivity contribution in [2.45, 2.75) is 44.7 Å². The van der Waals surface area contributed by atoms with Gasteiger partial charge in [-0.1, -0.05) is 0 Å². The van der Waals surface area contributed by atoms with Crippen molar-refractivity contribution in [2.24, 2.45) is 0 Å². The van der Waals surface area contributed by atoms with Crippen molar-refractivity contribution in [1.82, 2.24) is 0 Å². The van der Waals surface area contributed by atoms with E-state index in [0.29, 0.717) is 19.6 Å². The van der Waals surface area contributed by atoms with Gasteiger partial charge in [0.1, 0.15) is 6.10 Å². The Labute approximate surface area is 85.2 Å². The first-order chi connectivity index (χ1) is 6.65. The first kappa shape index (κ1) is 11.9. The predicted octanol–water partition coefficient (Wildman–Crippen LogP) is 0.576. The third kappa shape index (κ3) is 3.20. The molecule has 14 heavy (non-hydrogen) atoms. The summed E-state index contributed by atoms with van der Waals surface area (Å²) in [4.78, 5) is 0. The summed E-state index contributed by atoms with van der Waals surface area (Å²) in [5.41, 5.74) is 0. The zero-order valence-electron chi connectivity index (χ0n) is 9.10. The molecule has 0 amide bonds. The third-order valence-corrected chi connectivity index (χ3v) is 2.36. The number of rotatable bonds is 6. The van der Waals surface area contributed by atoms with Gasteiger partial charge in [0.05, 0.1) is 31.5 Å². The molecule has 4 nitrogen and oxygen atoms in total. The fraction of sp³-hybridized carbons (Fsp3) is 1.00. The lowest BCUT2D eigenvalue weighted by Crippen LogP contribution is -2.53. The molecule has 84 valence electrons. The average Bonchev–Trinajstić information content (AvgIpc) is 2.10. The van der Waals surface area contributed by atoms with Gasteiger partial charge in [0.15, 0.2) is 0 Å². The summed E-state index contributed by atoms with van der Waals surface area (Å²) in [6, 6.07) is 0. The molecule has 0 aromatic carbocycles. The molecule has 0 aromatic heterocycles. The van der Waals surface area contributed by atoms with E-state index in [1.54, 1.807) is 7.11 Å². The summed E-state index contributed by atoms with van der Waals surface area (Å²) >= 11 is 0. The summed E-state index contributed by atoms with van der Waals surface area (Å²) < 4.78 is 15.9. The number of aliphatic hydroxyl groups excluding tert-OH is 1. The number of ether oxygens (including phenoxy) is 3. The maximum atomic E-state index is 9.29. The SMILES string of the molecule is COC1C(O)CC1OCCOC(C)C. The van der Waals surface area contributed by atoms with Crippen molar-refractivity contribution in [3.05, 3.63) is 0 Å². The van der Waals surface area contributed by atoms with E-state index >= 15 is 0 Å². The minimum absolute atomic E-state index is 0.0331. The van der Waals surface area contributed by atoms with Gasteiger partial charge >= 0.3 is 0 Å². The van der Waals surface area contributed by atoms with Crippen LogP contribution in [0.25, 0.3) is 0 Å². The zero-order chi connectivity index (χ0) is 10.6. The van der Waals surface area contributed by atoms with E-state index in [-0.39, 0.29) is 24.4 Å². The van der Waals surface area contributed by atoms with Crippen LogP contribution in [0.1, 0.15) is 20.3 Å². The monoisotopic (exact) mass is 204 g/mol. The van der Waals surface area contributed by atoms with E-state index in [1.165, 1.54) is 0 Å². The lowest BCUT2D eigenvalue weighted by Gasteiger charge is -2.39. The van der Waals surface area contributed by atoms with Crippen molar-refractivity contribution < 1.29 is 19.3 Å².